The van der Waals surface area contributed by atoms with Crippen LogP contribution in [0.15, 0.2) is 36.4 Å². The van der Waals surface area contributed by atoms with Gasteiger partial charge in [-0.2, -0.15) is 0 Å². The molecule has 1 fully saturated rings. The van der Waals surface area contributed by atoms with E-state index in [4.69, 9.17) is 11.6 Å². The predicted molar refractivity (Wildman–Crippen MR) is 104 cm³/mol. The maximum Gasteiger partial charge on any atom is 0.211 e. The van der Waals surface area contributed by atoms with Crippen LogP contribution in [0.1, 0.15) is 12.5 Å². The normalized spacial score (nSPS) is 22.5. The second kappa shape index (κ2) is 8.41. The number of hydrogen-bond acceptors (Lipinski definition) is 3. The van der Waals surface area contributed by atoms with Gasteiger partial charge in [-0.25, -0.2) is 26.3 Å². The molecule has 0 amide bonds. The van der Waals surface area contributed by atoms with Crippen LogP contribution in [-0.4, -0.2) is 39.0 Å². The predicted octanol–water partition coefficient (Wildman–Crippen LogP) is 3.45. The highest BCUT2D eigenvalue weighted by atomic mass is 35.5. The second-order valence-corrected chi connectivity index (χ2v) is 9.11. The van der Waals surface area contributed by atoms with E-state index in [2.05, 4.69) is 10.0 Å². The van der Waals surface area contributed by atoms with Crippen molar-refractivity contribution in [3.8, 4) is 11.1 Å². The van der Waals surface area contributed by atoms with Crippen LogP contribution in [0, 0.1) is 11.6 Å². The fourth-order valence-corrected chi connectivity index (χ4v) is 4.38. The molecular formula is C19H20ClF3N2O2S. The van der Waals surface area contributed by atoms with Crippen LogP contribution in [0.5, 0.6) is 0 Å². The third kappa shape index (κ3) is 4.35. The van der Waals surface area contributed by atoms with Crippen molar-refractivity contribution in [3.05, 3.63) is 58.6 Å². The highest BCUT2D eigenvalue weighted by Crippen LogP contribution is 2.31. The number of hydrogen-bond donors (Lipinski definition) is 2. The van der Waals surface area contributed by atoms with E-state index in [1.807, 2.05) is 0 Å². The lowest BCUT2D eigenvalue weighted by atomic mass is 9.96. The summed E-state index contributed by atoms with van der Waals surface area (Å²) in [6.45, 7) is 1.42. The van der Waals surface area contributed by atoms with Crippen LogP contribution in [0.2, 0.25) is 5.02 Å². The summed E-state index contributed by atoms with van der Waals surface area (Å²) < 4.78 is 69.6. The van der Waals surface area contributed by atoms with Gasteiger partial charge in [0.1, 0.15) is 17.8 Å². The average molecular weight is 433 g/mol. The van der Waals surface area contributed by atoms with Crippen molar-refractivity contribution in [2.75, 3.05) is 12.3 Å². The zero-order valence-corrected chi connectivity index (χ0v) is 16.6. The summed E-state index contributed by atoms with van der Waals surface area (Å²) in [5.74, 6) is -1.55. The molecule has 28 heavy (non-hydrogen) atoms. The highest BCUT2D eigenvalue weighted by molar-refractivity contribution is 7.89. The first-order valence-corrected chi connectivity index (χ1v) is 10.9. The van der Waals surface area contributed by atoms with E-state index < -0.39 is 39.9 Å². The van der Waals surface area contributed by atoms with E-state index >= 15 is 4.39 Å². The molecular weight excluding hydrogens is 413 g/mol. The van der Waals surface area contributed by atoms with Gasteiger partial charge in [-0.3, -0.25) is 0 Å². The monoisotopic (exact) mass is 432 g/mol. The van der Waals surface area contributed by atoms with Crippen molar-refractivity contribution < 1.29 is 21.6 Å². The van der Waals surface area contributed by atoms with E-state index in [0.29, 0.717) is 0 Å². The fraction of sp³-hybridized carbons (Fsp3) is 0.368. The van der Waals surface area contributed by atoms with E-state index in [1.54, 1.807) is 6.07 Å². The number of rotatable bonds is 6. The average Bonchev–Trinajstić information content (AvgIpc) is 2.99. The summed E-state index contributed by atoms with van der Waals surface area (Å²) in [4.78, 5) is 0. The summed E-state index contributed by atoms with van der Waals surface area (Å²) >= 11 is 5.79. The molecule has 0 radical (unpaired) electrons. The van der Waals surface area contributed by atoms with Crippen molar-refractivity contribution in [2.24, 2.45) is 0 Å². The lowest BCUT2D eigenvalue weighted by molar-refractivity contribution is 0.304. The van der Waals surface area contributed by atoms with Crippen LogP contribution in [0.3, 0.4) is 0 Å². The van der Waals surface area contributed by atoms with Crippen LogP contribution < -0.4 is 10.0 Å². The highest BCUT2D eigenvalue weighted by Gasteiger charge is 2.38. The largest absolute Gasteiger partial charge is 0.309 e. The Morgan fingerprint density at radius 3 is 2.46 bits per heavy atom. The minimum absolute atomic E-state index is 0.0258. The van der Waals surface area contributed by atoms with Crippen molar-refractivity contribution in [1.29, 1.82) is 0 Å². The van der Waals surface area contributed by atoms with Gasteiger partial charge in [0.2, 0.25) is 10.0 Å². The van der Waals surface area contributed by atoms with Gasteiger partial charge >= 0.3 is 0 Å². The van der Waals surface area contributed by atoms with Crippen molar-refractivity contribution in [2.45, 2.75) is 31.6 Å². The van der Waals surface area contributed by atoms with Gasteiger partial charge in [-0.05, 0) is 25.0 Å². The Labute approximate surface area is 167 Å². The van der Waals surface area contributed by atoms with E-state index in [1.165, 1.54) is 37.3 Å². The van der Waals surface area contributed by atoms with Crippen LogP contribution in [0.4, 0.5) is 13.2 Å². The number of halogens is 4. The van der Waals surface area contributed by atoms with Gasteiger partial charge in [-0.1, -0.05) is 41.9 Å². The molecule has 4 nitrogen and oxygen atoms in total. The Bertz CT molecular complexity index is 972. The molecule has 0 aromatic heterocycles. The maximum atomic E-state index is 15.1. The second-order valence-electron chi connectivity index (χ2n) is 6.66. The zero-order chi connectivity index (χ0) is 20.5. The molecule has 1 saturated heterocycles. The minimum atomic E-state index is -3.62. The molecule has 0 spiro atoms. The molecule has 0 unspecified atom stereocenters. The summed E-state index contributed by atoms with van der Waals surface area (Å²) in [6.07, 6.45) is -1.39. The number of alkyl halides is 1. The van der Waals surface area contributed by atoms with Gasteiger partial charge in [0.25, 0.3) is 0 Å². The van der Waals surface area contributed by atoms with Crippen molar-refractivity contribution in [1.82, 2.24) is 10.0 Å². The van der Waals surface area contributed by atoms with Gasteiger partial charge in [0.05, 0.1) is 16.8 Å². The van der Waals surface area contributed by atoms with Gasteiger partial charge < -0.3 is 5.32 Å². The SMILES string of the molecule is CCS(=O)(=O)N[C@@H]1[C@H](Cc2cccc(-c3cccc(Cl)c3F)c2F)NC[C@@H]1F. The standard InChI is InChI=1S/C19H20ClF3N2O2S/c1-2-28(26,27)25-19-15(21)10-24-16(19)9-11-5-3-6-12(17(11)22)13-7-4-8-14(20)18(13)23/h3-8,15-16,19,24-25H,2,9-10H2,1H3/t15-,16-,19-/m0/s1. The number of benzene rings is 2. The summed E-state index contributed by atoms with van der Waals surface area (Å²) in [5, 5.41) is 2.78. The molecule has 1 aliphatic rings. The van der Waals surface area contributed by atoms with Gasteiger partial charge in [0.15, 0.2) is 0 Å². The Morgan fingerprint density at radius 1 is 1.14 bits per heavy atom. The van der Waals surface area contributed by atoms with Crippen LogP contribution in [0.25, 0.3) is 11.1 Å². The van der Waals surface area contributed by atoms with Crippen molar-refractivity contribution in [3.63, 3.8) is 0 Å². The van der Waals surface area contributed by atoms with E-state index in [9.17, 15) is 17.2 Å². The van der Waals surface area contributed by atoms with Gasteiger partial charge in [-0.15, -0.1) is 0 Å². The molecule has 1 aliphatic heterocycles. The Hall–Kier alpha value is -1.61. The first-order chi connectivity index (χ1) is 13.2. The third-order valence-corrected chi connectivity index (χ3v) is 6.54. The maximum absolute atomic E-state index is 15.1. The quantitative estimate of drug-likeness (QED) is 0.735. The molecule has 0 saturated carbocycles. The first-order valence-electron chi connectivity index (χ1n) is 8.82. The lowest BCUT2D eigenvalue weighted by Crippen LogP contribution is -2.48. The molecule has 1 heterocycles. The molecule has 3 rings (SSSR count). The lowest BCUT2D eigenvalue weighted by Gasteiger charge is -2.22. The topological polar surface area (TPSA) is 58.2 Å². The Balaban J connectivity index is 1.90. The summed E-state index contributed by atoms with van der Waals surface area (Å²) in [7, 11) is -3.62. The first kappa shape index (κ1) is 21.1. The molecule has 2 N–H and O–H groups in total. The molecule has 9 heteroatoms. The minimum Gasteiger partial charge on any atom is -0.309 e. The molecule has 2 aromatic rings. The number of nitrogens with one attached hydrogen (secondary N) is 2. The zero-order valence-electron chi connectivity index (χ0n) is 15.1. The Morgan fingerprint density at radius 2 is 1.79 bits per heavy atom. The van der Waals surface area contributed by atoms with Crippen LogP contribution >= 0.6 is 11.6 Å². The van der Waals surface area contributed by atoms with E-state index in [0.717, 1.165) is 0 Å². The Kier molecular flexibility index (Phi) is 6.34. The van der Waals surface area contributed by atoms with Gasteiger partial charge in [0, 0.05) is 23.7 Å². The number of sulfonamides is 1. The molecule has 2 aromatic carbocycles. The van der Waals surface area contributed by atoms with E-state index in [-0.39, 0.29) is 40.4 Å². The van der Waals surface area contributed by atoms with Crippen molar-refractivity contribution >= 4 is 21.6 Å². The molecule has 0 bridgehead atoms. The molecule has 3 atom stereocenters. The molecule has 0 aliphatic carbocycles. The summed E-state index contributed by atoms with van der Waals surface area (Å²) in [6, 6.07) is 7.20. The molecule has 152 valence electrons. The fourth-order valence-electron chi connectivity index (χ4n) is 3.31. The van der Waals surface area contributed by atoms with Crippen LogP contribution in [-0.2, 0) is 16.4 Å². The summed E-state index contributed by atoms with van der Waals surface area (Å²) in [5.41, 5.74) is 0.292. The smallest absolute Gasteiger partial charge is 0.211 e. The third-order valence-electron chi connectivity index (χ3n) is 4.85.